The summed E-state index contributed by atoms with van der Waals surface area (Å²) in [6.45, 7) is 0.383. The standard InChI is InChI=1S/C20H17BrN6O2/c1-26-17-16(18(28)24-20(26)29)27(12-14-7-9-15(21)10-8-14)19(23-17)25-22-11-13-5-3-2-4-6-13/h2-11H,12H2,1H3,(H,23,25)(H,24,28,29)/b22-11+. The van der Waals surface area contributed by atoms with E-state index >= 15 is 0 Å². The van der Waals surface area contributed by atoms with Gasteiger partial charge in [-0.05, 0) is 23.3 Å². The van der Waals surface area contributed by atoms with Gasteiger partial charge in [0, 0.05) is 11.5 Å². The molecule has 4 rings (SSSR count). The molecule has 4 aromatic rings. The van der Waals surface area contributed by atoms with Gasteiger partial charge in [-0.1, -0.05) is 58.4 Å². The highest BCUT2D eigenvalue weighted by atomic mass is 79.9. The number of H-pyrrole nitrogens is 1. The Morgan fingerprint density at radius 2 is 1.86 bits per heavy atom. The molecule has 146 valence electrons. The first kappa shape index (κ1) is 18.9. The Labute approximate surface area is 173 Å². The van der Waals surface area contributed by atoms with Crippen LogP contribution < -0.4 is 16.7 Å². The van der Waals surface area contributed by atoms with Gasteiger partial charge in [-0.25, -0.2) is 10.2 Å². The number of halogens is 1. The van der Waals surface area contributed by atoms with E-state index in [0.29, 0.717) is 18.0 Å². The molecular weight excluding hydrogens is 436 g/mol. The molecule has 0 spiro atoms. The van der Waals surface area contributed by atoms with Crippen molar-refractivity contribution >= 4 is 39.3 Å². The van der Waals surface area contributed by atoms with Gasteiger partial charge in [-0.15, -0.1) is 0 Å². The van der Waals surface area contributed by atoms with Crippen molar-refractivity contribution < 1.29 is 0 Å². The maximum absolute atomic E-state index is 12.5. The van der Waals surface area contributed by atoms with Gasteiger partial charge in [-0.2, -0.15) is 10.1 Å². The molecule has 0 aliphatic rings. The molecule has 0 saturated carbocycles. The van der Waals surface area contributed by atoms with E-state index in [4.69, 9.17) is 0 Å². The first-order chi connectivity index (χ1) is 14.0. The van der Waals surface area contributed by atoms with E-state index in [1.165, 1.54) is 4.57 Å². The quantitative estimate of drug-likeness (QED) is 0.359. The molecule has 0 unspecified atom stereocenters. The molecule has 0 aliphatic heterocycles. The predicted molar refractivity (Wildman–Crippen MR) is 116 cm³/mol. The molecule has 9 heteroatoms. The third-order valence-electron chi connectivity index (χ3n) is 4.44. The Bertz CT molecular complexity index is 1300. The lowest BCUT2D eigenvalue weighted by Gasteiger charge is -2.08. The molecule has 2 aromatic heterocycles. The number of nitrogens with one attached hydrogen (secondary N) is 2. The number of hydrogen-bond donors (Lipinski definition) is 2. The molecule has 0 bridgehead atoms. The van der Waals surface area contributed by atoms with Gasteiger partial charge in [0.15, 0.2) is 11.2 Å². The normalized spacial score (nSPS) is 11.4. The zero-order valence-electron chi connectivity index (χ0n) is 15.5. The number of fused-ring (bicyclic) bond motifs is 1. The second-order valence-electron chi connectivity index (χ2n) is 6.42. The van der Waals surface area contributed by atoms with E-state index in [9.17, 15) is 9.59 Å². The van der Waals surface area contributed by atoms with Crippen molar-refractivity contribution in [2.24, 2.45) is 12.1 Å². The number of rotatable bonds is 5. The summed E-state index contributed by atoms with van der Waals surface area (Å²) in [5.41, 5.74) is 4.36. The van der Waals surface area contributed by atoms with E-state index in [-0.39, 0.29) is 5.65 Å². The van der Waals surface area contributed by atoms with Gasteiger partial charge in [0.05, 0.1) is 12.8 Å². The summed E-state index contributed by atoms with van der Waals surface area (Å²) in [5.74, 6) is 0.363. The van der Waals surface area contributed by atoms with Gasteiger partial charge in [0.25, 0.3) is 5.56 Å². The topological polar surface area (TPSA) is 97.1 Å². The Hall–Kier alpha value is -3.46. The SMILES string of the molecule is Cn1c(=O)[nH]c(=O)c2c1nc(N/N=C/c1ccccc1)n2Cc1ccc(Br)cc1. The van der Waals surface area contributed by atoms with E-state index in [1.807, 2.05) is 54.6 Å². The number of hydrazone groups is 1. The van der Waals surface area contributed by atoms with Crippen molar-refractivity contribution in [3.63, 3.8) is 0 Å². The average molecular weight is 453 g/mol. The number of aromatic nitrogens is 4. The molecule has 0 aliphatic carbocycles. The number of benzene rings is 2. The first-order valence-corrected chi connectivity index (χ1v) is 9.60. The number of aryl methyl sites for hydroxylation is 1. The van der Waals surface area contributed by atoms with Crippen LogP contribution in [0.4, 0.5) is 5.95 Å². The number of imidazole rings is 1. The van der Waals surface area contributed by atoms with E-state index in [1.54, 1.807) is 17.8 Å². The van der Waals surface area contributed by atoms with Crippen molar-refractivity contribution in [2.75, 3.05) is 5.43 Å². The van der Waals surface area contributed by atoms with Crippen LogP contribution in [0.1, 0.15) is 11.1 Å². The minimum absolute atomic E-state index is 0.285. The van der Waals surface area contributed by atoms with Crippen LogP contribution >= 0.6 is 15.9 Å². The molecule has 0 saturated heterocycles. The summed E-state index contributed by atoms with van der Waals surface area (Å²) in [6, 6.07) is 17.3. The monoisotopic (exact) mass is 452 g/mol. The molecule has 8 nitrogen and oxygen atoms in total. The van der Waals surface area contributed by atoms with Gasteiger partial charge in [0.1, 0.15) is 0 Å². The summed E-state index contributed by atoms with van der Waals surface area (Å²) in [7, 11) is 1.56. The number of nitrogens with zero attached hydrogens (tertiary/aromatic N) is 4. The Balaban J connectivity index is 1.79. The van der Waals surface area contributed by atoms with Crippen LogP contribution in [0, 0.1) is 0 Å². The van der Waals surface area contributed by atoms with Crippen molar-refractivity contribution in [3.05, 3.63) is 91.0 Å². The number of hydrogen-bond acceptors (Lipinski definition) is 5. The summed E-state index contributed by atoms with van der Waals surface area (Å²) in [4.78, 5) is 31.3. The lowest BCUT2D eigenvalue weighted by molar-refractivity contribution is 0.808. The fraction of sp³-hybridized carbons (Fsp3) is 0.100. The number of aromatic amines is 1. The third kappa shape index (κ3) is 3.90. The summed E-state index contributed by atoms with van der Waals surface area (Å²) < 4.78 is 3.97. The molecule has 0 amide bonds. The highest BCUT2D eigenvalue weighted by Crippen LogP contribution is 2.19. The second kappa shape index (κ2) is 7.88. The third-order valence-corrected chi connectivity index (χ3v) is 4.97. The summed E-state index contributed by atoms with van der Waals surface area (Å²) in [5, 5.41) is 4.24. The van der Waals surface area contributed by atoms with Crippen LogP contribution in [0.5, 0.6) is 0 Å². The average Bonchev–Trinajstić information content (AvgIpc) is 3.08. The molecule has 2 heterocycles. The van der Waals surface area contributed by atoms with Crippen LogP contribution in [0.15, 0.2) is 73.8 Å². The first-order valence-electron chi connectivity index (χ1n) is 8.81. The summed E-state index contributed by atoms with van der Waals surface area (Å²) >= 11 is 3.42. The summed E-state index contributed by atoms with van der Waals surface area (Å²) in [6.07, 6.45) is 1.66. The smallest absolute Gasteiger partial charge is 0.298 e. The van der Waals surface area contributed by atoms with Crippen molar-refractivity contribution in [1.82, 2.24) is 19.1 Å². The van der Waals surface area contributed by atoms with Crippen molar-refractivity contribution in [3.8, 4) is 0 Å². The molecular formula is C20H17BrN6O2. The molecule has 0 atom stereocenters. The van der Waals surface area contributed by atoms with Gasteiger partial charge < -0.3 is 0 Å². The zero-order chi connectivity index (χ0) is 20.4. The largest absolute Gasteiger partial charge is 0.329 e. The second-order valence-corrected chi connectivity index (χ2v) is 7.33. The molecule has 29 heavy (non-hydrogen) atoms. The van der Waals surface area contributed by atoms with E-state index in [0.717, 1.165) is 15.6 Å². The molecule has 0 radical (unpaired) electrons. The highest BCUT2D eigenvalue weighted by molar-refractivity contribution is 9.10. The molecule has 2 aromatic carbocycles. The lowest BCUT2D eigenvalue weighted by atomic mass is 10.2. The fourth-order valence-corrected chi connectivity index (χ4v) is 3.21. The van der Waals surface area contributed by atoms with Gasteiger partial charge in [0.2, 0.25) is 5.95 Å². The lowest BCUT2D eigenvalue weighted by Crippen LogP contribution is -2.29. The minimum Gasteiger partial charge on any atom is -0.298 e. The highest BCUT2D eigenvalue weighted by Gasteiger charge is 2.17. The van der Waals surface area contributed by atoms with E-state index < -0.39 is 11.2 Å². The van der Waals surface area contributed by atoms with Crippen LogP contribution in [-0.2, 0) is 13.6 Å². The number of anilines is 1. The molecule has 0 fully saturated rings. The Morgan fingerprint density at radius 1 is 1.14 bits per heavy atom. The maximum Gasteiger partial charge on any atom is 0.329 e. The van der Waals surface area contributed by atoms with Gasteiger partial charge >= 0.3 is 5.69 Å². The molecule has 2 N–H and O–H groups in total. The fourth-order valence-electron chi connectivity index (χ4n) is 2.95. The zero-order valence-corrected chi connectivity index (χ0v) is 17.0. The Kier molecular flexibility index (Phi) is 5.13. The Morgan fingerprint density at radius 3 is 2.59 bits per heavy atom. The maximum atomic E-state index is 12.5. The predicted octanol–water partition coefficient (Wildman–Crippen LogP) is 2.68. The van der Waals surface area contributed by atoms with Crippen molar-refractivity contribution in [1.29, 1.82) is 0 Å². The minimum atomic E-state index is -0.518. The van der Waals surface area contributed by atoms with Crippen LogP contribution in [-0.4, -0.2) is 25.3 Å². The van der Waals surface area contributed by atoms with Gasteiger partial charge in [-0.3, -0.25) is 18.9 Å². The van der Waals surface area contributed by atoms with Crippen molar-refractivity contribution in [2.45, 2.75) is 6.54 Å². The van der Waals surface area contributed by atoms with E-state index in [2.05, 4.69) is 36.4 Å². The van der Waals surface area contributed by atoms with Crippen LogP contribution in [0.25, 0.3) is 11.2 Å². The van der Waals surface area contributed by atoms with Crippen LogP contribution in [0.3, 0.4) is 0 Å². The van der Waals surface area contributed by atoms with Crippen LogP contribution in [0.2, 0.25) is 0 Å².